The van der Waals surface area contributed by atoms with Crippen molar-refractivity contribution in [2.24, 2.45) is 0 Å². The van der Waals surface area contributed by atoms with Gasteiger partial charge in [0, 0.05) is 7.11 Å². The third-order valence-corrected chi connectivity index (χ3v) is 3.13. The van der Waals surface area contributed by atoms with Gasteiger partial charge < -0.3 is 14.5 Å². The van der Waals surface area contributed by atoms with Crippen LogP contribution in [-0.2, 0) is 9.47 Å². The Balaban J connectivity index is 1.92. The van der Waals surface area contributed by atoms with Gasteiger partial charge in [-0.25, -0.2) is 4.98 Å². The zero-order valence-electron chi connectivity index (χ0n) is 10.00. The molecule has 1 N–H and O–H groups in total. The molecule has 0 amide bonds. The molecular weight excluding hydrogens is 236 g/mol. The standard InChI is InChI=1S/C11H14N4O3/c1-17-4-7-2-3-8(18-7)15-6-14-9-10(15)12-5-13-11(9)16/h5-8H,2-4H2,1H3,(H,12,13,16)/t7-,8?/m0/s1. The van der Waals surface area contributed by atoms with E-state index in [4.69, 9.17) is 9.47 Å². The minimum absolute atomic E-state index is 0.103. The molecule has 0 aromatic carbocycles. The average molecular weight is 250 g/mol. The summed E-state index contributed by atoms with van der Waals surface area (Å²) in [6, 6.07) is 0. The van der Waals surface area contributed by atoms with Gasteiger partial charge in [-0.05, 0) is 12.8 Å². The molecule has 2 aromatic heterocycles. The summed E-state index contributed by atoms with van der Waals surface area (Å²) in [5.41, 5.74) is 0.670. The molecule has 0 bridgehead atoms. The number of imidazole rings is 1. The molecule has 1 fully saturated rings. The number of H-pyrrole nitrogens is 1. The first kappa shape index (κ1) is 11.4. The number of hydrogen-bond donors (Lipinski definition) is 1. The summed E-state index contributed by atoms with van der Waals surface area (Å²) in [5.74, 6) is 0. The summed E-state index contributed by atoms with van der Waals surface area (Å²) in [6.45, 7) is 0.585. The average Bonchev–Trinajstić information content (AvgIpc) is 2.96. The van der Waals surface area contributed by atoms with Crippen LogP contribution in [0.25, 0.3) is 11.2 Å². The number of nitrogens with zero attached hydrogens (tertiary/aromatic N) is 3. The van der Waals surface area contributed by atoms with Gasteiger partial charge in [-0.1, -0.05) is 0 Å². The molecular formula is C11H14N4O3. The number of hydrogen-bond acceptors (Lipinski definition) is 5. The second kappa shape index (κ2) is 4.51. The molecule has 1 saturated heterocycles. The molecule has 2 atom stereocenters. The van der Waals surface area contributed by atoms with Crippen molar-refractivity contribution in [1.29, 1.82) is 0 Å². The van der Waals surface area contributed by atoms with Gasteiger partial charge in [0.05, 0.1) is 25.4 Å². The van der Waals surface area contributed by atoms with Crippen molar-refractivity contribution in [3.05, 3.63) is 23.0 Å². The zero-order valence-corrected chi connectivity index (χ0v) is 10.00. The lowest BCUT2D eigenvalue weighted by Crippen LogP contribution is -2.16. The van der Waals surface area contributed by atoms with E-state index in [1.165, 1.54) is 6.33 Å². The van der Waals surface area contributed by atoms with E-state index in [2.05, 4.69) is 15.0 Å². The van der Waals surface area contributed by atoms with Gasteiger partial charge in [0.15, 0.2) is 5.52 Å². The van der Waals surface area contributed by atoms with Crippen LogP contribution in [0.3, 0.4) is 0 Å². The van der Waals surface area contributed by atoms with Crippen molar-refractivity contribution < 1.29 is 9.47 Å². The minimum Gasteiger partial charge on any atom is -0.382 e. The highest BCUT2D eigenvalue weighted by Gasteiger charge is 2.27. The van der Waals surface area contributed by atoms with Crippen LogP contribution in [0.5, 0.6) is 0 Å². The highest BCUT2D eigenvalue weighted by atomic mass is 16.5. The fraction of sp³-hybridized carbons (Fsp3) is 0.545. The molecule has 0 aliphatic carbocycles. The summed E-state index contributed by atoms with van der Waals surface area (Å²) >= 11 is 0. The number of aromatic amines is 1. The van der Waals surface area contributed by atoms with Crippen LogP contribution in [0.15, 0.2) is 17.4 Å². The van der Waals surface area contributed by atoms with Crippen molar-refractivity contribution in [3.63, 3.8) is 0 Å². The van der Waals surface area contributed by atoms with E-state index >= 15 is 0 Å². The monoisotopic (exact) mass is 250 g/mol. The van der Waals surface area contributed by atoms with E-state index < -0.39 is 0 Å². The largest absolute Gasteiger partial charge is 0.382 e. The number of rotatable bonds is 3. The minimum atomic E-state index is -0.325. The first-order chi connectivity index (χ1) is 8.79. The molecule has 0 radical (unpaired) electrons. The van der Waals surface area contributed by atoms with Crippen molar-refractivity contribution in [1.82, 2.24) is 19.5 Å². The lowest BCUT2D eigenvalue weighted by atomic mass is 10.2. The van der Waals surface area contributed by atoms with Crippen LogP contribution in [0.1, 0.15) is 19.1 Å². The number of aromatic nitrogens is 4. The Kier molecular flexibility index (Phi) is 2.85. The SMILES string of the molecule is COC[C@@H]1CCC(n2cnc3c(=O)nc[nH]c32)O1. The molecule has 7 nitrogen and oxygen atoms in total. The van der Waals surface area contributed by atoms with Crippen LogP contribution in [0, 0.1) is 0 Å². The van der Waals surface area contributed by atoms with E-state index in [1.807, 2.05) is 4.57 Å². The van der Waals surface area contributed by atoms with Crippen LogP contribution in [0.4, 0.5) is 0 Å². The summed E-state index contributed by atoms with van der Waals surface area (Å²) in [4.78, 5) is 22.2. The van der Waals surface area contributed by atoms with Crippen LogP contribution >= 0.6 is 0 Å². The summed E-state index contributed by atoms with van der Waals surface area (Å²) < 4.78 is 12.8. The number of methoxy groups -OCH3 is 1. The fourth-order valence-electron chi connectivity index (χ4n) is 2.29. The highest BCUT2D eigenvalue weighted by Crippen LogP contribution is 2.29. The molecule has 96 valence electrons. The Morgan fingerprint density at radius 1 is 1.56 bits per heavy atom. The predicted molar refractivity (Wildman–Crippen MR) is 63.2 cm³/mol. The molecule has 0 saturated carbocycles. The van der Waals surface area contributed by atoms with E-state index in [1.54, 1.807) is 13.4 Å². The Morgan fingerprint density at radius 3 is 3.28 bits per heavy atom. The second-order valence-electron chi connectivity index (χ2n) is 4.30. The fourth-order valence-corrected chi connectivity index (χ4v) is 2.29. The number of ether oxygens (including phenoxy) is 2. The zero-order chi connectivity index (χ0) is 12.5. The molecule has 1 aliphatic rings. The van der Waals surface area contributed by atoms with E-state index in [9.17, 15) is 4.79 Å². The summed E-state index contributed by atoms with van der Waals surface area (Å²) in [6.07, 6.45) is 4.81. The highest BCUT2D eigenvalue weighted by molar-refractivity contribution is 5.68. The maximum absolute atomic E-state index is 11.5. The molecule has 0 spiro atoms. The molecule has 2 aromatic rings. The van der Waals surface area contributed by atoms with Crippen LogP contribution < -0.4 is 5.56 Å². The van der Waals surface area contributed by atoms with Crippen LogP contribution in [0.2, 0.25) is 0 Å². The summed E-state index contributed by atoms with van der Waals surface area (Å²) in [7, 11) is 1.66. The first-order valence-electron chi connectivity index (χ1n) is 5.84. The quantitative estimate of drug-likeness (QED) is 0.855. The summed E-state index contributed by atoms with van der Waals surface area (Å²) in [5, 5.41) is 0. The van der Waals surface area contributed by atoms with Crippen molar-refractivity contribution in [2.45, 2.75) is 25.2 Å². The third-order valence-electron chi connectivity index (χ3n) is 3.13. The van der Waals surface area contributed by atoms with Crippen molar-refractivity contribution in [3.8, 4) is 0 Å². The van der Waals surface area contributed by atoms with Gasteiger partial charge in [0.25, 0.3) is 0 Å². The second-order valence-corrected chi connectivity index (χ2v) is 4.30. The van der Waals surface area contributed by atoms with Gasteiger partial charge in [-0.3, -0.25) is 9.36 Å². The predicted octanol–water partition coefficient (Wildman–Crippen LogP) is 0.444. The molecule has 7 heteroatoms. The normalized spacial score (nSPS) is 23.8. The Hall–Kier alpha value is -1.73. The molecule has 1 unspecified atom stereocenters. The van der Waals surface area contributed by atoms with E-state index in [0.29, 0.717) is 17.8 Å². The van der Waals surface area contributed by atoms with Gasteiger partial charge in [-0.2, -0.15) is 4.98 Å². The van der Waals surface area contributed by atoms with Gasteiger partial charge in [0.2, 0.25) is 0 Å². The molecule has 1 aliphatic heterocycles. The first-order valence-corrected chi connectivity index (χ1v) is 5.84. The molecule has 3 heterocycles. The van der Waals surface area contributed by atoms with Crippen molar-refractivity contribution >= 4 is 11.2 Å². The lowest BCUT2D eigenvalue weighted by molar-refractivity contribution is -0.0300. The number of nitrogens with one attached hydrogen (secondary N) is 1. The third kappa shape index (κ3) is 1.81. The maximum atomic E-state index is 11.5. The van der Waals surface area contributed by atoms with Crippen molar-refractivity contribution in [2.75, 3.05) is 13.7 Å². The van der Waals surface area contributed by atoms with E-state index in [0.717, 1.165) is 12.8 Å². The van der Waals surface area contributed by atoms with E-state index in [-0.39, 0.29) is 17.9 Å². The Morgan fingerprint density at radius 2 is 2.44 bits per heavy atom. The Labute approximate surface area is 103 Å². The smallest absolute Gasteiger partial charge is 0.300 e. The maximum Gasteiger partial charge on any atom is 0.300 e. The molecule has 18 heavy (non-hydrogen) atoms. The van der Waals surface area contributed by atoms with Gasteiger partial charge in [-0.15, -0.1) is 0 Å². The topological polar surface area (TPSA) is 82.0 Å². The van der Waals surface area contributed by atoms with Crippen LogP contribution in [-0.4, -0.2) is 39.3 Å². The Bertz CT molecular complexity index is 606. The van der Waals surface area contributed by atoms with Gasteiger partial charge >= 0.3 is 5.56 Å². The molecule has 3 rings (SSSR count). The lowest BCUT2D eigenvalue weighted by Gasteiger charge is -2.14. The van der Waals surface area contributed by atoms with Gasteiger partial charge in [0.1, 0.15) is 11.9 Å². The number of fused-ring (bicyclic) bond motifs is 1.